The molecule has 206 valence electrons. The van der Waals surface area contributed by atoms with Crippen LogP contribution in [0, 0.1) is 0 Å². The Kier molecular flexibility index (Phi) is 10.7. The molecule has 0 fully saturated rings. The summed E-state index contributed by atoms with van der Waals surface area (Å²) in [6.07, 6.45) is 0.0464. The number of hydrogen-bond donors (Lipinski definition) is 0. The van der Waals surface area contributed by atoms with Crippen molar-refractivity contribution in [3.63, 3.8) is 0 Å². The predicted octanol–water partition coefficient (Wildman–Crippen LogP) is 2.69. The summed E-state index contributed by atoms with van der Waals surface area (Å²) in [6.45, 7) is 4.25. The molecule has 0 saturated heterocycles. The van der Waals surface area contributed by atoms with Crippen LogP contribution in [-0.4, -0.2) is 26.6 Å². The molecular formula is C33H27N2NaO5S. The van der Waals surface area contributed by atoms with Crippen molar-refractivity contribution in [2.75, 3.05) is 0 Å². The monoisotopic (exact) mass is 586 g/mol. The van der Waals surface area contributed by atoms with Crippen LogP contribution in [-0.2, 0) is 17.8 Å². The first-order valence-electron chi connectivity index (χ1n) is 13.1. The van der Waals surface area contributed by atoms with E-state index in [1.165, 1.54) is 0 Å². The fraction of sp³-hybridized carbons (Fsp3) is 0.152. The Bertz CT molecular complexity index is 1700. The maximum atomic E-state index is 13.9. The van der Waals surface area contributed by atoms with Crippen molar-refractivity contribution >= 4 is 40.1 Å². The molecular weight excluding hydrogens is 559 g/mol. The second kappa shape index (κ2) is 14.4. The number of allylic oxidation sites excluding steroid dienone is 1. The average molecular weight is 587 g/mol. The maximum absolute atomic E-state index is 13.9. The van der Waals surface area contributed by atoms with E-state index in [1.807, 2.05) is 68.4 Å². The first-order chi connectivity index (χ1) is 19.9. The van der Waals surface area contributed by atoms with Crippen molar-refractivity contribution < 1.29 is 53.7 Å². The third kappa shape index (κ3) is 7.72. The molecule has 0 radical (unpaired) electrons. The summed E-state index contributed by atoms with van der Waals surface area (Å²) in [5, 5.41) is 12.6. The zero-order valence-corrected chi connectivity index (χ0v) is 26.4. The minimum absolute atomic E-state index is 0. The van der Waals surface area contributed by atoms with Crippen molar-refractivity contribution in [2.45, 2.75) is 33.0 Å². The largest absolute Gasteiger partial charge is 1.00 e. The number of aromatic nitrogens is 2. The standard InChI is InChI=1S/C33H28N2O5S.Na/c1-21(2)40-27-15-10-24(11-16-27)32(36)28(31(33(37)38)25-12-17-29-30(19-25)35-41-34-29)18-22-8-13-26(14-9-22)39-20-23-6-4-3-5-7-23;/h3-17,19,21H,18,20H2,1-2H3,(H,37,38);/q;+1/p-1. The Morgan fingerprint density at radius 1 is 0.786 bits per heavy atom. The molecule has 4 aromatic carbocycles. The summed E-state index contributed by atoms with van der Waals surface area (Å²) in [4.78, 5) is 26.5. The molecule has 1 aromatic heterocycles. The van der Waals surface area contributed by atoms with E-state index in [4.69, 9.17) is 9.47 Å². The van der Waals surface area contributed by atoms with Gasteiger partial charge in [-0.3, -0.25) is 4.79 Å². The van der Waals surface area contributed by atoms with Crippen molar-refractivity contribution in [3.8, 4) is 11.5 Å². The molecule has 0 aliphatic heterocycles. The van der Waals surface area contributed by atoms with Crippen molar-refractivity contribution in [2.24, 2.45) is 0 Å². The van der Waals surface area contributed by atoms with Crippen molar-refractivity contribution in [1.82, 2.24) is 8.75 Å². The summed E-state index contributed by atoms with van der Waals surface area (Å²) in [7, 11) is 0. The van der Waals surface area contributed by atoms with E-state index < -0.39 is 11.8 Å². The Hall–Kier alpha value is -3.82. The molecule has 9 heteroatoms. The van der Waals surface area contributed by atoms with Gasteiger partial charge in [-0.2, -0.15) is 8.75 Å². The average Bonchev–Trinajstić information content (AvgIpc) is 3.45. The van der Waals surface area contributed by atoms with Gasteiger partial charge in [0.05, 0.1) is 23.8 Å². The fourth-order valence-electron chi connectivity index (χ4n) is 4.41. The number of carbonyl (C=O) groups is 2. The zero-order chi connectivity index (χ0) is 28.8. The minimum atomic E-state index is -1.45. The van der Waals surface area contributed by atoms with Gasteiger partial charge in [0.1, 0.15) is 29.1 Å². The van der Waals surface area contributed by atoms with Crippen LogP contribution in [0.1, 0.15) is 40.9 Å². The third-order valence-electron chi connectivity index (χ3n) is 6.36. The normalized spacial score (nSPS) is 11.5. The zero-order valence-electron chi connectivity index (χ0n) is 23.6. The van der Waals surface area contributed by atoms with Crippen LogP contribution in [0.25, 0.3) is 16.6 Å². The molecule has 0 unspecified atom stereocenters. The third-order valence-corrected chi connectivity index (χ3v) is 6.92. The Morgan fingerprint density at radius 3 is 2.10 bits per heavy atom. The second-order valence-electron chi connectivity index (χ2n) is 9.72. The van der Waals surface area contributed by atoms with E-state index in [0.29, 0.717) is 40.3 Å². The topological polar surface area (TPSA) is 101 Å². The summed E-state index contributed by atoms with van der Waals surface area (Å²) in [5.74, 6) is -0.578. The van der Waals surface area contributed by atoms with E-state index in [9.17, 15) is 14.7 Å². The van der Waals surface area contributed by atoms with Gasteiger partial charge in [-0.15, -0.1) is 0 Å². The summed E-state index contributed by atoms with van der Waals surface area (Å²) in [5.41, 5.74) is 3.58. The molecule has 0 aliphatic rings. The first kappa shape index (κ1) is 31.1. The van der Waals surface area contributed by atoms with Crippen molar-refractivity contribution in [3.05, 3.63) is 125 Å². The van der Waals surface area contributed by atoms with Gasteiger partial charge in [0.2, 0.25) is 0 Å². The minimum Gasteiger partial charge on any atom is -0.545 e. The van der Waals surface area contributed by atoms with Gasteiger partial charge in [-0.05, 0) is 79.1 Å². The van der Waals surface area contributed by atoms with Gasteiger partial charge in [-0.25, -0.2) is 0 Å². The maximum Gasteiger partial charge on any atom is 1.00 e. The van der Waals surface area contributed by atoms with E-state index in [-0.39, 0.29) is 53.2 Å². The molecule has 0 saturated carbocycles. The van der Waals surface area contributed by atoms with Crippen LogP contribution in [0.5, 0.6) is 11.5 Å². The molecule has 1 heterocycles. The van der Waals surface area contributed by atoms with Gasteiger partial charge in [0.15, 0.2) is 5.78 Å². The number of benzene rings is 4. The number of hydrogen-bond acceptors (Lipinski definition) is 8. The van der Waals surface area contributed by atoms with E-state index >= 15 is 0 Å². The van der Waals surface area contributed by atoms with E-state index in [0.717, 1.165) is 22.9 Å². The van der Waals surface area contributed by atoms with Crippen LogP contribution in [0.3, 0.4) is 0 Å². The van der Waals surface area contributed by atoms with Gasteiger partial charge >= 0.3 is 29.6 Å². The Morgan fingerprint density at radius 2 is 1.43 bits per heavy atom. The molecule has 0 N–H and O–H groups in total. The Balaban J connectivity index is 0.00000405. The predicted molar refractivity (Wildman–Crippen MR) is 157 cm³/mol. The summed E-state index contributed by atoms with van der Waals surface area (Å²) in [6, 6.07) is 28.7. The number of carboxylic acids is 1. The quantitative estimate of drug-likeness (QED) is 0.133. The van der Waals surface area contributed by atoms with E-state index in [2.05, 4.69) is 8.75 Å². The number of nitrogens with zero attached hydrogens (tertiary/aromatic N) is 2. The molecule has 0 spiro atoms. The van der Waals surface area contributed by atoms with Crippen LogP contribution in [0.4, 0.5) is 0 Å². The smallest absolute Gasteiger partial charge is 0.545 e. The molecule has 7 nitrogen and oxygen atoms in total. The van der Waals surface area contributed by atoms with Gasteiger partial charge in [0, 0.05) is 23.1 Å². The Labute approximate surface area is 270 Å². The molecule has 0 amide bonds. The molecule has 0 bridgehead atoms. The second-order valence-corrected chi connectivity index (χ2v) is 10.3. The van der Waals surface area contributed by atoms with Gasteiger partial charge < -0.3 is 19.4 Å². The van der Waals surface area contributed by atoms with E-state index in [1.54, 1.807) is 42.5 Å². The molecule has 0 aliphatic carbocycles. The number of carbonyl (C=O) groups excluding carboxylic acids is 2. The number of ketones is 1. The summed E-state index contributed by atoms with van der Waals surface area (Å²) < 4.78 is 20.0. The fourth-order valence-corrected chi connectivity index (χ4v) is 4.93. The summed E-state index contributed by atoms with van der Waals surface area (Å²) >= 11 is 1.04. The number of fused-ring (bicyclic) bond motifs is 1. The molecule has 5 rings (SSSR count). The SMILES string of the molecule is CC(C)Oc1ccc(C(=O)C(Cc2ccc(OCc3ccccc3)cc2)=C(C(=O)[O-])c2ccc3nsnc3c2)cc1.[Na+]. The molecule has 0 atom stereocenters. The van der Waals surface area contributed by atoms with Gasteiger partial charge in [-0.1, -0.05) is 48.5 Å². The first-order valence-corrected chi connectivity index (χ1v) is 13.8. The number of ether oxygens (including phenoxy) is 2. The van der Waals surface area contributed by atoms with Crippen LogP contribution in [0.2, 0.25) is 0 Å². The van der Waals surface area contributed by atoms with Crippen molar-refractivity contribution in [1.29, 1.82) is 0 Å². The van der Waals surface area contributed by atoms with Gasteiger partial charge in [0.25, 0.3) is 0 Å². The van der Waals surface area contributed by atoms with Crippen LogP contribution >= 0.6 is 11.7 Å². The number of carboxylic acid groups (broad SMARTS) is 1. The number of Topliss-reactive ketones (excluding diaryl/α,β-unsaturated/α-hetero) is 1. The number of aliphatic carboxylic acids is 1. The molecule has 5 aromatic rings. The molecule has 42 heavy (non-hydrogen) atoms. The van der Waals surface area contributed by atoms with Crippen LogP contribution < -0.4 is 44.1 Å². The number of rotatable bonds is 11. The van der Waals surface area contributed by atoms with Crippen LogP contribution in [0.15, 0.2) is 103 Å².